The van der Waals surface area contributed by atoms with Crippen molar-refractivity contribution >= 4 is 63.8 Å². The van der Waals surface area contributed by atoms with E-state index in [2.05, 4.69) is 27.9 Å². The Bertz CT molecular complexity index is 1040. The number of anilines is 1. The first-order valence-corrected chi connectivity index (χ1v) is 10.5. The van der Waals surface area contributed by atoms with Crippen molar-refractivity contribution in [3.63, 3.8) is 0 Å². The van der Waals surface area contributed by atoms with Crippen molar-refractivity contribution in [3.05, 3.63) is 56.1 Å². The van der Waals surface area contributed by atoms with Crippen LogP contribution < -0.4 is 19.7 Å². The lowest BCUT2D eigenvalue weighted by atomic mass is 10.1. The van der Waals surface area contributed by atoms with Gasteiger partial charge < -0.3 is 9.47 Å². The summed E-state index contributed by atoms with van der Waals surface area (Å²) in [7, 11) is 1.51. The summed E-state index contributed by atoms with van der Waals surface area (Å²) in [6.07, 6.45) is 2.26. The van der Waals surface area contributed by atoms with Crippen LogP contribution in [0.15, 0.2) is 42.0 Å². The molecule has 4 amide bonds. The first kappa shape index (κ1) is 22.1. The highest BCUT2D eigenvalue weighted by atomic mass is 127. The fourth-order valence-corrected chi connectivity index (χ4v) is 3.72. The van der Waals surface area contributed by atoms with Crippen molar-refractivity contribution in [1.82, 2.24) is 5.32 Å². The van der Waals surface area contributed by atoms with Crippen LogP contribution in [0.1, 0.15) is 18.9 Å². The molecule has 2 aromatic carbocycles. The zero-order valence-electron chi connectivity index (χ0n) is 16.2. The Morgan fingerprint density at radius 1 is 1.17 bits per heavy atom. The van der Waals surface area contributed by atoms with Crippen LogP contribution >= 0.6 is 34.2 Å². The maximum Gasteiger partial charge on any atom is 0.335 e. The van der Waals surface area contributed by atoms with Crippen LogP contribution in [0.2, 0.25) is 5.02 Å². The van der Waals surface area contributed by atoms with E-state index in [0.717, 1.165) is 14.9 Å². The molecule has 0 spiro atoms. The van der Waals surface area contributed by atoms with E-state index < -0.39 is 17.8 Å². The Kier molecular flexibility index (Phi) is 6.99. The molecule has 1 saturated heterocycles. The first-order valence-electron chi connectivity index (χ1n) is 9.03. The third-order valence-electron chi connectivity index (χ3n) is 4.20. The topological polar surface area (TPSA) is 84.9 Å². The molecule has 1 heterocycles. The number of benzene rings is 2. The lowest BCUT2D eigenvalue weighted by Gasteiger charge is -2.26. The lowest BCUT2D eigenvalue weighted by molar-refractivity contribution is -0.122. The van der Waals surface area contributed by atoms with E-state index in [1.165, 1.54) is 25.3 Å². The molecule has 3 rings (SSSR count). The van der Waals surface area contributed by atoms with Crippen LogP contribution in [0.3, 0.4) is 0 Å². The molecule has 0 aromatic heterocycles. The first-order chi connectivity index (χ1) is 14.3. The van der Waals surface area contributed by atoms with E-state index in [0.29, 0.717) is 34.4 Å². The molecule has 0 bridgehead atoms. The zero-order valence-corrected chi connectivity index (χ0v) is 19.1. The third-order valence-corrected chi connectivity index (χ3v) is 5.25. The summed E-state index contributed by atoms with van der Waals surface area (Å²) in [5.41, 5.74) is 0.685. The van der Waals surface area contributed by atoms with E-state index in [-0.39, 0.29) is 5.57 Å². The second kappa shape index (κ2) is 9.48. The molecule has 1 fully saturated rings. The molecule has 0 atom stereocenters. The summed E-state index contributed by atoms with van der Waals surface area (Å²) in [5.74, 6) is -0.419. The number of halogens is 2. The molecule has 156 valence electrons. The summed E-state index contributed by atoms with van der Waals surface area (Å²) >= 11 is 7.98. The molecule has 0 aliphatic carbocycles. The maximum atomic E-state index is 13.0. The summed E-state index contributed by atoms with van der Waals surface area (Å²) in [4.78, 5) is 38.5. The van der Waals surface area contributed by atoms with Gasteiger partial charge in [0.1, 0.15) is 5.57 Å². The number of amides is 4. The number of carbonyl (C=O) groups is 3. The highest BCUT2D eigenvalue weighted by Gasteiger charge is 2.36. The van der Waals surface area contributed by atoms with Gasteiger partial charge in [-0.2, -0.15) is 0 Å². The van der Waals surface area contributed by atoms with Crippen LogP contribution in [-0.4, -0.2) is 31.6 Å². The van der Waals surface area contributed by atoms with Gasteiger partial charge in [0.05, 0.1) is 23.0 Å². The fourth-order valence-electron chi connectivity index (χ4n) is 2.82. The fraction of sp³-hybridized carbons (Fsp3) is 0.190. The number of imide groups is 2. The SMILES string of the molecule is CCCOc1c(I)cc(/C=C2\C(=O)NC(=O)N(c3ccc(Cl)cc3)C2=O)cc1OC. The number of carbonyl (C=O) groups excluding carboxylic acids is 3. The average molecular weight is 541 g/mol. The minimum Gasteiger partial charge on any atom is -0.493 e. The molecule has 9 heteroatoms. The summed E-state index contributed by atoms with van der Waals surface area (Å²) in [6, 6.07) is 8.78. The standard InChI is InChI=1S/C21H18ClIN2O5/c1-3-8-30-18-16(23)10-12(11-17(18)29-2)9-15-19(26)24-21(28)25(20(15)27)14-6-4-13(22)5-7-14/h4-7,9-11H,3,8H2,1-2H3,(H,24,26,28)/b15-9+. The van der Waals surface area contributed by atoms with Gasteiger partial charge >= 0.3 is 6.03 Å². The van der Waals surface area contributed by atoms with Crippen molar-refractivity contribution in [1.29, 1.82) is 0 Å². The van der Waals surface area contributed by atoms with E-state index in [1.54, 1.807) is 24.3 Å². The van der Waals surface area contributed by atoms with Gasteiger partial charge in [-0.3, -0.25) is 14.9 Å². The van der Waals surface area contributed by atoms with Gasteiger partial charge in [0.2, 0.25) is 0 Å². The molecule has 0 radical (unpaired) electrons. The van der Waals surface area contributed by atoms with Crippen LogP contribution in [0.25, 0.3) is 6.08 Å². The van der Waals surface area contributed by atoms with Crippen molar-refractivity contribution in [3.8, 4) is 11.5 Å². The Hall–Kier alpha value is -2.59. The Morgan fingerprint density at radius 3 is 2.50 bits per heavy atom. The van der Waals surface area contributed by atoms with Gasteiger partial charge in [0.15, 0.2) is 11.5 Å². The predicted octanol–water partition coefficient (Wildman–Crippen LogP) is 4.41. The molecule has 1 aliphatic rings. The summed E-state index contributed by atoms with van der Waals surface area (Å²) < 4.78 is 11.9. The van der Waals surface area contributed by atoms with Crippen molar-refractivity contribution in [2.24, 2.45) is 0 Å². The normalized spacial score (nSPS) is 15.4. The predicted molar refractivity (Wildman–Crippen MR) is 122 cm³/mol. The third kappa shape index (κ3) is 4.59. The van der Waals surface area contributed by atoms with Crippen molar-refractivity contribution in [2.75, 3.05) is 18.6 Å². The maximum absolute atomic E-state index is 13.0. The minimum atomic E-state index is -0.819. The number of nitrogens with zero attached hydrogens (tertiary/aromatic N) is 1. The number of urea groups is 1. The van der Waals surface area contributed by atoms with E-state index >= 15 is 0 Å². The summed E-state index contributed by atoms with van der Waals surface area (Å²) in [5, 5.41) is 2.65. The van der Waals surface area contributed by atoms with Crippen LogP contribution in [0.5, 0.6) is 11.5 Å². The Labute approximate surface area is 192 Å². The molecule has 0 saturated carbocycles. The van der Waals surface area contributed by atoms with E-state index in [1.807, 2.05) is 6.92 Å². The van der Waals surface area contributed by atoms with Gasteiger partial charge in [-0.15, -0.1) is 0 Å². The molecule has 2 aromatic rings. The monoisotopic (exact) mass is 540 g/mol. The number of ether oxygens (including phenoxy) is 2. The van der Waals surface area contributed by atoms with Crippen molar-refractivity contribution in [2.45, 2.75) is 13.3 Å². The lowest BCUT2D eigenvalue weighted by Crippen LogP contribution is -2.54. The van der Waals surface area contributed by atoms with Crippen molar-refractivity contribution < 1.29 is 23.9 Å². The molecule has 0 unspecified atom stereocenters. The number of barbiturate groups is 1. The molecule has 1 aliphatic heterocycles. The minimum absolute atomic E-state index is 0.176. The Balaban J connectivity index is 2.00. The van der Waals surface area contributed by atoms with E-state index in [9.17, 15) is 14.4 Å². The van der Waals surface area contributed by atoms with Crippen LogP contribution in [-0.2, 0) is 9.59 Å². The van der Waals surface area contributed by atoms with Gasteiger partial charge in [0.25, 0.3) is 11.8 Å². The molecule has 7 nitrogen and oxygen atoms in total. The summed E-state index contributed by atoms with van der Waals surface area (Å²) in [6.45, 7) is 2.53. The second-order valence-electron chi connectivity index (χ2n) is 6.32. The molecule has 1 N–H and O–H groups in total. The van der Waals surface area contributed by atoms with Crippen LogP contribution in [0.4, 0.5) is 10.5 Å². The highest BCUT2D eigenvalue weighted by molar-refractivity contribution is 14.1. The smallest absolute Gasteiger partial charge is 0.335 e. The number of rotatable bonds is 6. The van der Waals surface area contributed by atoms with E-state index in [4.69, 9.17) is 21.1 Å². The molecular weight excluding hydrogens is 523 g/mol. The largest absolute Gasteiger partial charge is 0.493 e. The second-order valence-corrected chi connectivity index (χ2v) is 7.92. The average Bonchev–Trinajstić information content (AvgIpc) is 2.71. The quantitative estimate of drug-likeness (QED) is 0.333. The van der Waals surface area contributed by atoms with Gasteiger partial charge in [0, 0.05) is 5.02 Å². The van der Waals surface area contributed by atoms with Gasteiger partial charge in [-0.05, 0) is 77.0 Å². The van der Waals surface area contributed by atoms with Gasteiger partial charge in [-0.25, -0.2) is 9.69 Å². The molecular formula is C21H18ClIN2O5. The number of nitrogens with one attached hydrogen (secondary N) is 1. The molecule has 30 heavy (non-hydrogen) atoms. The van der Waals surface area contributed by atoms with Crippen LogP contribution in [0, 0.1) is 3.57 Å². The number of hydrogen-bond acceptors (Lipinski definition) is 5. The zero-order chi connectivity index (χ0) is 21.8. The highest BCUT2D eigenvalue weighted by Crippen LogP contribution is 2.35. The van der Waals surface area contributed by atoms with Gasteiger partial charge in [-0.1, -0.05) is 18.5 Å². The Morgan fingerprint density at radius 2 is 1.87 bits per heavy atom. The number of methoxy groups -OCH3 is 1. The number of hydrogen-bond donors (Lipinski definition) is 1.